The Kier molecular flexibility index (Phi) is 7.80. The van der Waals surface area contributed by atoms with Gasteiger partial charge in [0.05, 0.1) is 0 Å². The molecule has 1 aliphatic carbocycles. The molecule has 0 radical (unpaired) electrons. The molecule has 1 saturated carbocycles. The van der Waals surface area contributed by atoms with E-state index in [1.165, 1.54) is 71.0 Å². The van der Waals surface area contributed by atoms with Crippen LogP contribution in [0.25, 0.3) is 0 Å². The standard InChI is InChI=1S/C21H39N5O/c1-24(2)20(27)15-23-21(22-14-18-8-4-3-5-9-18)26-13-10-19(17-26)16-25-11-6-7-12-25/h18-19H,3-17H2,1-2H3,(H,22,23). The summed E-state index contributed by atoms with van der Waals surface area (Å²) in [5.41, 5.74) is 0. The van der Waals surface area contributed by atoms with Crippen LogP contribution in [-0.4, -0.2) is 86.5 Å². The van der Waals surface area contributed by atoms with Crippen molar-refractivity contribution in [2.24, 2.45) is 16.8 Å². The molecule has 0 aromatic heterocycles. The number of carbonyl (C=O) groups is 1. The molecule has 3 aliphatic rings. The van der Waals surface area contributed by atoms with Gasteiger partial charge in [-0.3, -0.25) is 4.79 Å². The number of hydrogen-bond acceptors (Lipinski definition) is 3. The van der Waals surface area contributed by atoms with Gasteiger partial charge in [0, 0.05) is 40.3 Å². The van der Waals surface area contributed by atoms with E-state index in [4.69, 9.17) is 4.99 Å². The van der Waals surface area contributed by atoms with Crippen LogP contribution in [0.3, 0.4) is 0 Å². The summed E-state index contributed by atoms with van der Waals surface area (Å²) in [4.78, 5) is 23.4. The molecule has 2 saturated heterocycles. The first-order valence-electron chi connectivity index (χ1n) is 11.1. The topological polar surface area (TPSA) is 51.2 Å². The number of hydrogen-bond donors (Lipinski definition) is 1. The van der Waals surface area contributed by atoms with E-state index in [1.54, 1.807) is 19.0 Å². The lowest BCUT2D eigenvalue weighted by Crippen LogP contribution is -2.43. The maximum Gasteiger partial charge on any atom is 0.243 e. The monoisotopic (exact) mass is 377 g/mol. The van der Waals surface area contributed by atoms with E-state index >= 15 is 0 Å². The van der Waals surface area contributed by atoms with Crippen LogP contribution < -0.4 is 5.32 Å². The molecule has 0 spiro atoms. The number of nitrogens with one attached hydrogen (secondary N) is 1. The van der Waals surface area contributed by atoms with Crippen molar-refractivity contribution < 1.29 is 4.79 Å². The summed E-state index contributed by atoms with van der Waals surface area (Å²) in [6, 6.07) is 0. The summed E-state index contributed by atoms with van der Waals surface area (Å²) >= 11 is 0. The van der Waals surface area contributed by atoms with Crippen LogP contribution in [-0.2, 0) is 4.79 Å². The Bertz CT molecular complexity index is 495. The van der Waals surface area contributed by atoms with Crippen LogP contribution >= 0.6 is 0 Å². The third kappa shape index (κ3) is 6.37. The highest BCUT2D eigenvalue weighted by atomic mass is 16.2. The van der Waals surface area contributed by atoms with Gasteiger partial charge in [-0.1, -0.05) is 19.3 Å². The van der Waals surface area contributed by atoms with E-state index in [9.17, 15) is 4.79 Å². The SMILES string of the molecule is CN(C)C(=O)CN=C(NCC1CCCCC1)N1CCC(CN2CCCC2)C1. The molecule has 0 bridgehead atoms. The first kappa shape index (κ1) is 20.4. The van der Waals surface area contributed by atoms with Gasteiger partial charge in [-0.2, -0.15) is 0 Å². The Morgan fingerprint density at radius 2 is 1.74 bits per heavy atom. The smallest absolute Gasteiger partial charge is 0.243 e. The molecule has 2 aliphatic heterocycles. The van der Waals surface area contributed by atoms with Crippen molar-refractivity contribution in [2.45, 2.75) is 51.4 Å². The third-order valence-electron chi connectivity index (χ3n) is 6.44. The Hall–Kier alpha value is -1.30. The normalized spacial score (nSPS) is 25.2. The summed E-state index contributed by atoms with van der Waals surface area (Å²) < 4.78 is 0. The van der Waals surface area contributed by atoms with Gasteiger partial charge in [0.15, 0.2) is 5.96 Å². The van der Waals surface area contributed by atoms with Crippen LogP contribution in [0, 0.1) is 11.8 Å². The fourth-order valence-electron chi connectivity index (χ4n) is 4.68. The number of amides is 1. The molecule has 27 heavy (non-hydrogen) atoms. The number of carbonyl (C=O) groups excluding carboxylic acids is 1. The highest BCUT2D eigenvalue weighted by molar-refractivity contribution is 5.85. The lowest BCUT2D eigenvalue weighted by Gasteiger charge is -2.27. The zero-order valence-electron chi connectivity index (χ0n) is 17.5. The largest absolute Gasteiger partial charge is 0.356 e. The second-order valence-corrected chi connectivity index (χ2v) is 8.92. The average Bonchev–Trinajstić information content (AvgIpc) is 3.35. The summed E-state index contributed by atoms with van der Waals surface area (Å²) in [5, 5.41) is 3.63. The zero-order valence-corrected chi connectivity index (χ0v) is 17.5. The van der Waals surface area contributed by atoms with Gasteiger partial charge in [-0.15, -0.1) is 0 Å². The minimum absolute atomic E-state index is 0.0692. The van der Waals surface area contributed by atoms with Crippen LogP contribution in [0.1, 0.15) is 51.4 Å². The number of likely N-dealkylation sites (tertiary alicyclic amines) is 2. The van der Waals surface area contributed by atoms with Crippen LogP contribution in [0.2, 0.25) is 0 Å². The number of rotatable bonds is 6. The van der Waals surface area contributed by atoms with E-state index in [0.717, 1.165) is 37.4 Å². The predicted molar refractivity (Wildman–Crippen MR) is 111 cm³/mol. The molecule has 1 N–H and O–H groups in total. The third-order valence-corrected chi connectivity index (χ3v) is 6.44. The van der Waals surface area contributed by atoms with Gasteiger partial charge >= 0.3 is 0 Å². The van der Waals surface area contributed by atoms with Gasteiger partial charge in [-0.25, -0.2) is 4.99 Å². The molecule has 6 heteroatoms. The number of likely N-dealkylation sites (N-methyl/N-ethyl adjacent to an activating group) is 1. The van der Waals surface area contributed by atoms with Crippen LogP contribution in [0.4, 0.5) is 0 Å². The quantitative estimate of drug-likeness (QED) is 0.568. The predicted octanol–water partition coefficient (Wildman–Crippen LogP) is 2.02. The lowest BCUT2D eigenvalue weighted by molar-refractivity contribution is -0.127. The molecule has 3 fully saturated rings. The van der Waals surface area contributed by atoms with Crippen molar-refractivity contribution in [3.05, 3.63) is 0 Å². The summed E-state index contributed by atoms with van der Waals surface area (Å²) in [6.45, 7) is 7.15. The van der Waals surface area contributed by atoms with Gasteiger partial charge in [0.2, 0.25) is 5.91 Å². The molecule has 0 aromatic rings. The van der Waals surface area contributed by atoms with E-state index < -0.39 is 0 Å². The lowest BCUT2D eigenvalue weighted by atomic mass is 9.89. The number of guanidine groups is 1. The Morgan fingerprint density at radius 3 is 2.44 bits per heavy atom. The van der Waals surface area contributed by atoms with Crippen molar-refractivity contribution in [3.8, 4) is 0 Å². The summed E-state index contributed by atoms with van der Waals surface area (Å²) in [5.74, 6) is 2.52. The van der Waals surface area contributed by atoms with Gasteiger partial charge in [0.1, 0.15) is 6.54 Å². The Labute approximate surface area is 165 Å². The summed E-state index contributed by atoms with van der Waals surface area (Å²) in [6.07, 6.45) is 10.7. The van der Waals surface area contributed by atoms with Crippen LogP contribution in [0.5, 0.6) is 0 Å². The maximum atomic E-state index is 12.0. The molecular formula is C21H39N5O. The molecule has 0 aromatic carbocycles. The molecule has 154 valence electrons. The first-order valence-corrected chi connectivity index (χ1v) is 11.1. The molecular weight excluding hydrogens is 338 g/mol. The highest BCUT2D eigenvalue weighted by Gasteiger charge is 2.28. The van der Waals surface area contributed by atoms with Crippen molar-refractivity contribution in [1.82, 2.24) is 20.0 Å². The fourth-order valence-corrected chi connectivity index (χ4v) is 4.68. The molecule has 1 amide bonds. The first-order chi connectivity index (χ1) is 13.1. The minimum atomic E-state index is 0.0692. The molecule has 1 unspecified atom stereocenters. The van der Waals surface area contributed by atoms with Gasteiger partial charge in [-0.05, 0) is 57.0 Å². The van der Waals surface area contributed by atoms with Crippen LogP contribution in [0.15, 0.2) is 4.99 Å². The maximum absolute atomic E-state index is 12.0. The highest BCUT2D eigenvalue weighted by Crippen LogP contribution is 2.23. The number of nitrogens with zero attached hydrogens (tertiary/aromatic N) is 4. The van der Waals surface area contributed by atoms with Crippen molar-refractivity contribution in [3.63, 3.8) is 0 Å². The van der Waals surface area contributed by atoms with Crippen molar-refractivity contribution in [2.75, 3.05) is 59.9 Å². The Morgan fingerprint density at radius 1 is 1.00 bits per heavy atom. The number of aliphatic imine (C=N–C) groups is 1. The van der Waals surface area contributed by atoms with Crippen molar-refractivity contribution in [1.29, 1.82) is 0 Å². The zero-order chi connectivity index (χ0) is 19.1. The molecule has 2 heterocycles. The average molecular weight is 378 g/mol. The van der Waals surface area contributed by atoms with E-state index in [1.807, 2.05) is 0 Å². The molecule has 1 atom stereocenters. The summed E-state index contributed by atoms with van der Waals surface area (Å²) in [7, 11) is 3.60. The van der Waals surface area contributed by atoms with E-state index in [0.29, 0.717) is 0 Å². The fraction of sp³-hybridized carbons (Fsp3) is 0.905. The molecule has 3 rings (SSSR count). The second-order valence-electron chi connectivity index (χ2n) is 8.92. The minimum Gasteiger partial charge on any atom is -0.356 e. The second kappa shape index (κ2) is 10.3. The van der Waals surface area contributed by atoms with Gasteiger partial charge < -0.3 is 20.0 Å². The van der Waals surface area contributed by atoms with Crippen molar-refractivity contribution >= 4 is 11.9 Å². The molecule has 6 nitrogen and oxygen atoms in total. The van der Waals surface area contributed by atoms with Gasteiger partial charge in [0.25, 0.3) is 0 Å². The Balaban J connectivity index is 1.54. The van der Waals surface area contributed by atoms with E-state index in [2.05, 4.69) is 15.1 Å². The van der Waals surface area contributed by atoms with E-state index in [-0.39, 0.29) is 12.5 Å².